The number of carbonyl (C=O) groups is 2. The number of thioether (sulfide) groups is 1. The van der Waals surface area contributed by atoms with Crippen molar-refractivity contribution in [1.29, 1.82) is 0 Å². The normalized spacial score (nSPS) is 17.0. The molecule has 25 heavy (non-hydrogen) atoms. The average molecular weight is 469 g/mol. The Balaban J connectivity index is 1.68. The van der Waals surface area contributed by atoms with Crippen LogP contribution in [0.4, 0.5) is 16.2 Å². The smallest absolute Gasteiger partial charge is 0.291 e. The summed E-state index contributed by atoms with van der Waals surface area (Å²) < 4.78 is 1.07. The van der Waals surface area contributed by atoms with Crippen LogP contribution in [0, 0.1) is 13.7 Å². The van der Waals surface area contributed by atoms with Crippen LogP contribution in [-0.2, 0) is 11.3 Å². The van der Waals surface area contributed by atoms with E-state index in [4.69, 9.17) is 0 Å². The lowest BCUT2D eigenvalue weighted by molar-refractivity contribution is -0.384. The number of carbonyl (C=O) groups excluding carboxylic acids is 2. The summed E-state index contributed by atoms with van der Waals surface area (Å²) >= 11 is 3.11. The summed E-state index contributed by atoms with van der Waals surface area (Å²) in [6.45, 7) is 0.0908. The Labute approximate surface area is 161 Å². The number of amides is 2. The molecule has 7 nitrogen and oxygen atoms in total. The molecule has 1 saturated heterocycles. The molecule has 9 heteroatoms. The summed E-state index contributed by atoms with van der Waals surface area (Å²) in [7, 11) is 0. The van der Waals surface area contributed by atoms with Crippen LogP contribution in [0.2, 0.25) is 0 Å². The molecular formula is C16H12IN3O4S. The predicted octanol–water partition coefficient (Wildman–Crippen LogP) is 3.83. The van der Waals surface area contributed by atoms with E-state index in [0.717, 1.165) is 25.9 Å². The van der Waals surface area contributed by atoms with Gasteiger partial charge in [0.05, 0.1) is 11.5 Å². The number of nitrogens with one attached hydrogen (secondary N) is 1. The van der Waals surface area contributed by atoms with Gasteiger partial charge in [-0.05, 0) is 64.2 Å². The number of benzene rings is 2. The van der Waals surface area contributed by atoms with Crippen molar-refractivity contribution in [1.82, 2.24) is 4.90 Å². The molecule has 1 aliphatic heterocycles. The highest BCUT2D eigenvalue weighted by molar-refractivity contribution is 14.1. The summed E-state index contributed by atoms with van der Waals surface area (Å²) in [6.07, 6.45) is 0. The first-order valence-corrected chi connectivity index (χ1v) is 9.17. The second kappa shape index (κ2) is 7.40. The van der Waals surface area contributed by atoms with Crippen molar-refractivity contribution >= 4 is 56.9 Å². The maximum Gasteiger partial charge on any atom is 0.291 e. The van der Waals surface area contributed by atoms with Gasteiger partial charge in [0.25, 0.3) is 16.8 Å². The standard InChI is InChI=1S/C16H12IN3O4S/c17-11-3-5-12(6-4-11)18-14-15(21)19(16(22)25-14)9-10-1-7-13(8-2-10)20(23)24/h1-8,14,18H,9H2/t14-/m1/s1. The first-order valence-electron chi connectivity index (χ1n) is 7.21. The van der Waals surface area contributed by atoms with Gasteiger partial charge in [0, 0.05) is 21.4 Å². The number of nitro benzene ring substituents is 1. The van der Waals surface area contributed by atoms with Gasteiger partial charge in [-0.2, -0.15) is 0 Å². The molecule has 0 saturated carbocycles. The highest BCUT2D eigenvalue weighted by atomic mass is 127. The molecule has 0 unspecified atom stereocenters. The Morgan fingerprint density at radius 3 is 2.36 bits per heavy atom. The molecule has 0 bridgehead atoms. The fourth-order valence-corrected chi connectivity index (χ4v) is 3.55. The molecule has 1 atom stereocenters. The van der Waals surface area contributed by atoms with Crippen molar-refractivity contribution in [2.75, 3.05) is 5.32 Å². The van der Waals surface area contributed by atoms with Crippen molar-refractivity contribution in [2.24, 2.45) is 0 Å². The highest BCUT2D eigenvalue weighted by Crippen LogP contribution is 2.30. The zero-order chi connectivity index (χ0) is 18.0. The topological polar surface area (TPSA) is 92.6 Å². The van der Waals surface area contributed by atoms with Gasteiger partial charge < -0.3 is 5.32 Å². The lowest BCUT2D eigenvalue weighted by Crippen LogP contribution is -2.33. The average Bonchev–Trinajstić information content (AvgIpc) is 2.85. The molecule has 0 spiro atoms. The molecule has 2 amide bonds. The zero-order valence-electron chi connectivity index (χ0n) is 12.7. The molecule has 0 radical (unpaired) electrons. The van der Waals surface area contributed by atoms with Gasteiger partial charge in [0.1, 0.15) is 0 Å². The maximum atomic E-state index is 12.5. The first-order chi connectivity index (χ1) is 11.9. The largest absolute Gasteiger partial charge is 0.365 e. The Hall–Kier alpha value is -2.14. The molecular weight excluding hydrogens is 457 g/mol. The number of imide groups is 1. The van der Waals surface area contributed by atoms with Crippen molar-refractivity contribution in [3.8, 4) is 0 Å². The third-order valence-corrected chi connectivity index (χ3v) is 5.26. The second-order valence-corrected chi connectivity index (χ2v) is 7.56. The van der Waals surface area contributed by atoms with Crippen LogP contribution in [0.25, 0.3) is 0 Å². The fraction of sp³-hybridized carbons (Fsp3) is 0.125. The minimum atomic E-state index is -0.675. The quantitative estimate of drug-likeness (QED) is 0.407. The molecule has 128 valence electrons. The van der Waals surface area contributed by atoms with Gasteiger partial charge in [-0.15, -0.1) is 0 Å². The van der Waals surface area contributed by atoms with Gasteiger partial charge in [0.15, 0.2) is 5.37 Å². The summed E-state index contributed by atoms with van der Waals surface area (Å²) in [5.74, 6) is -0.327. The molecule has 1 heterocycles. The second-order valence-electron chi connectivity index (χ2n) is 5.26. The van der Waals surface area contributed by atoms with Crippen LogP contribution in [0.3, 0.4) is 0 Å². The van der Waals surface area contributed by atoms with E-state index < -0.39 is 10.3 Å². The van der Waals surface area contributed by atoms with Crippen LogP contribution in [0.1, 0.15) is 5.56 Å². The molecule has 0 aromatic heterocycles. The van der Waals surface area contributed by atoms with E-state index in [-0.39, 0.29) is 23.4 Å². The number of hydrogen-bond acceptors (Lipinski definition) is 6. The Bertz CT molecular complexity index is 826. The Morgan fingerprint density at radius 2 is 1.76 bits per heavy atom. The molecule has 0 aliphatic carbocycles. The van der Waals surface area contributed by atoms with Crippen molar-refractivity contribution in [3.63, 3.8) is 0 Å². The zero-order valence-corrected chi connectivity index (χ0v) is 15.7. The minimum absolute atomic E-state index is 0.0320. The number of nitro groups is 1. The van der Waals surface area contributed by atoms with Gasteiger partial charge in [-0.3, -0.25) is 24.6 Å². The lowest BCUT2D eigenvalue weighted by Gasteiger charge is -2.15. The van der Waals surface area contributed by atoms with Gasteiger partial charge >= 0.3 is 0 Å². The van der Waals surface area contributed by atoms with E-state index in [2.05, 4.69) is 27.9 Å². The molecule has 1 fully saturated rings. The number of non-ortho nitro benzene ring substituents is 1. The Kier molecular flexibility index (Phi) is 5.23. The van der Waals surface area contributed by atoms with Gasteiger partial charge in [0.2, 0.25) is 0 Å². The number of nitrogens with zero attached hydrogens (tertiary/aromatic N) is 2. The van der Waals surface area contributed by atoms with E-state index in [1.54, 1.807) is 12.1 Å². The highest BCUT2D eigenvalue weighted by Gasteiger charge is 2.39. The van der Waals surface area contributed by atoms with E-state index in [0.29, 0.717) is 5.56 Å². The van der Waals surface area contributed by atoms with E-state index in [1.807, 2.05) is 24.3 Å². The van der Waals surface area contributed by atoms with Crippen molar-refractivity contribution in [3.05, 3.63) is 67.8 Å². The van der Waals surface area contributed by atoms with Crippen LogP contribution in [0.5, 0.6) is 0 Å². The third-order valence-electron chi connectivity index (χ3n) is 3.56. The van der Waals surface area contributed by atoms with Crippen molar-refractivity contribution < 1.29 is 14.5 Å². The van der Waals surface area contributed by atoms with E-state index >= 15 is 0 Å². The lowest BCUT2D eigenvalue weighted by atomic mass is 10.2. The predicted molar refractivity (Wildman–Crippen MR) is 103 cm³/mol. The molecule has 2 aromatic carbocycles. The molecule has 1 N–H and O–H groups in total. The summed E-state index contributed by atoms with van der Waals surface area (Å²) in [6, 6.07) is 13.3. The summed E-state index contributed by atoms with van der Waals surface area (Å²) in [5.41, 5.74) is 1.38. The van der Waals surface area contributed by atoms with Gasteiger partial charge in [-0.1, -0.05) is 12.1 Å². The van der Waals surface area contributed by atoms with Crippen molar-refractivity contribution in [2.45, 2.75) is 11.9 Å². The number of anilines is 1. The number of halogens is 1. The van der Waals surface area contributed by atoms with E-state index in [9.17, 15) is 19.7 Å². The number of rotatable bonds is 5. The van der Waals surface area contributed by atoms with Crippen LogP contribution >= 0.6 is 34.4 Å². The van der Waals surface area contributed by atoms with Gasteiger partial charge in [-0.25, -0.2) is 0 Å². The SMILES string of the molecule is O=C1S[C@@H](Nc2ccc(I)cc2)C(=O)N1Cc1ccc([N+](=O)[O-])cc1. The third kappa shape index (κ3) is 4.10. The monoisotopic (exact) mass is 469 g/mol. The van der Waals surface area contributed by atoms with Crippen LogP contribution in [0.15, 0.2) is 48.5 Å². The van der Waals surface area contributed by atoms with E-state index in [1.165, 1.54) is 12.1 Å². The summed E-state index contributed by atoms with van der Waals surface area (Å²) in [4.78, 5) is 35.9. The number of hydrogen-bond donors (Lipinski definition) is 1. The Morgan fingerprint density at radius 1 is 1.12 bits per heavy atom. The minimum Gasteiger partial charge on any atom is -0.365 e. The fourth-order valence-electron chi connectivity index (χ4n) is 2.28. The first kappa shape index (κ1) is 17.7. The molecule has 3 rings (SSSR count). The maximum absolute atomic E-state index is 12.5. The summed E-state index contributed by atoms with van der Waals surface area (Å²) in [5, 5.41) is 12.7. The van der Waals surface area contributed by atoms with Crippen LogP contribution < -0.4 is 5.32 Å². The molecule has 2 aromatic rings. The molecule has 1 aliphatic rings. The van der Waals surface area contributed by atoms with Crippen LogP contribution in [-0.4, -0.2) is 26.3 Å².